The standard InChI is InChI=1S/C16H18O4/c1-19-15(17)13-11-9-7-5-3-4-6-8-10-12-14-16(18)20-2/h3-14H,1-2H3. The van der Waals surface area contributed by atoms with Crippen molar-refractivity contribution >= 4 is 11.9 Å². The van der Waals surface area contributed by atoms with Crippen molar-refractivity contribution in [3.8, 4) is 0 Å². The zero-order valence-electron chi connectivity index (χ0n) is 11.6. The first-order valence-corrected chi connectivity index (χ1v) is 5.88. The fourth-order valence-corrected chi connectivity index (χ4v) is 0.918. The minimum Gasteiger partial charge on any atom is -0.466 e. The van der Waals surface area contributed by atoms with Gasteiger partial charge in [0.15, 0.2) is 0 Å². The fourth-order valence-electron chi connectivity index (χ4n) is 0.918. The second kappa shape index (κ2) is 12.8. The molecule has 0 radical (unpaired) electrons. The van der Waals surface area contributed by atoms with E-state index in [0.29, 0.717) is 0 Å². The molecule has 0 rings (SSSR count). The Morgan fingerprint density at radius 3 is 1.05 bits per heavy atom. The topological polar surface area (TPSA) is 52.6 Å². The van der Waals surface area contributed by atoms with Gasteiger partial charge in [-0.05, 0) is 0 Å². The van der Waals surface area contributed by atoms with Crippen LogP contribution < -0.4 is 0 Å². The lowest BCUT2D eigenvalue weighted by atomic mass is 10.3. The molecule has 0 aliphatic heterocycles. The van der Waals surface area contributed by atoms with E-state index in [1.165, 1.54) is 26.4 Å². The summed E-state index contributed by atoms with van der Waals surface area (Å²) in [6.07, 6.45) is 20.1. The second-order valence-electron chi connectivity index (χ2n) is 3.30. The summed E-state index contributed by atoms with van der Waals surface area (Å²) >= 11 is 0. The molecule has 0 aliphatic rings. The number of hydrogen-bond acceptors (Lipinski definition) is 4. The smallest absolute Gasteiger partial charge is 0.330 e. The van der Waals surface area contributed by atoms with Crippen LogP contribution in [0.15, 0.2) is 72.9 Å². The quantitative estimate of drug-likeness (QED) is 0.407. The summed E-state index contributed by atoms with van der Waals surface area (Å²) in [6.45, 7) is 0. The van der Waals surface area contributed by atoms with Gasteiger partial charge >= 0.3 is 11.9 Å². The predicted molar refractivity (Wildman–Crippen MR) is 78.9 cm³/mol. The van der Waals surface area contributed by atoms with Gasteiger partial charge in [-0.2, -0.15) is 0 Å². The van der Waals surface area contributed by atoms with Crippen molar-refractivity contribution in [3.63, 3.8) is 0 Å². The lowest BCUT2D eigenvalue weighted by molar-refractivity contribution is -0.135. The predicted octanol–water partition coefficient (Wildman–Crippen LogP) is 2.67. The van der Waals surface area contributed by atoms with E-state index in [4.69, 9.17) is 0 Å². The maximum Gasteiger partial charge on any atom is 0.330 e. The third kappa shape index (κ3) is 11.9. The van der Waals surface area contributed by atoms with Crippen molar-refractivity contribution < 1.29 is 19.1 Å². The van der Waals surface area contributed by atoms with Gasteiger partial charge < -0.3 is 9.47 Å². The molecule has 0 aromatic heterocycles. The molecule has 0 heterocycles. The minimum absolute atomic E-state index is 0.385. The van der Waals surface area contributed by atoms with Crippen LogP contribution in [0.5, 0.6) is 0 Å². The molecule has 0 atom stereocenters. The van der Waals surface area contributed by atoms with Gasteiger partial charge in [0.1, 0.15) is 0 Å². The van der Waals surface area contributed by atoms with E-state index >= 15 is 0 Å². The lowest BCUT2D eigenvalue weighted by Gasteiger charge is -1.85. The molecule has 0 aromatic rings. The van der Waals surface area contributed by atoms with Crippen LogP contribution in [0.1, 0.15) is 0 Å². The number of carbonyl (C=O) groups excluding carboxylic acids is 2. The van der Waals surface area contributed by atoms with Gasteiger partial charge in [-0.15, -0.1) is 0 Å². The first-order chi connectivity index (χ1) is 9.70. The minimum atomic E-state index is -0.385. The molecule has 106 valence electrons. The fraction of sp³-hybridized carbons (Fsp3) is 0.125. The Labute approximate surface area is 119 Å². The summed E-state index contributed by atoms with van der Waals surface area (Å²) in [5.74, 6) is -0.771. The van der Waals surface area contributed by atoms with E-state index in [9.17, 15) is 9.59 Å². The highest BCUT2D eigenvalue weighted by molar-refractivity contribution is 5.82. The monoisotopic (exact) mass is 274 g/mol. The molecule has 0 unspecified atom stereocenters. The molecule has 0 fully saturated rings. The molecule has 4 nitrogen and oxygen atoms in total. The Hall–Kier alpha value is -2.62. The average molecular weight is 274 g/mol. The average Bonchev–Trinajstić information content (AvgIpc) is 2.47. The maximum absolute atomic E-state index is 10.7. The van der Waals surface area contributed by atoms with Crippen LogP contribution in [-0.2, 0) is 19.1 Å². The summed E-state index contributed by atoms with van der Waals surface area (Å²) in [4.78, 5) is 21.4. The molecular formula is C16H18O4. The van der Waals surface area contributed by atoms with Crippen molar-refractivity contribution in [3.05, 3.63) is 72.9 Å². The summed E-state index contributed by atoms with van der Waals surface area (Å²) in [5.41, 5.74) is 0. The molecule has 0 aromatic carbocycles. The Balaban J connectivity index is 3.92. The van der Waals surface area contributed by atoms with Crippen molar-refractivity contribution in [1.29, 1.82) is 0 Å². The second-order valence-corrected chi connectivity index (χ2v) is 3.30. The largest absolute Gasteiger partial charge is 0.466 e. The number of esters is 2. The molecule has 20 heavy (non-hydrogen) atoms. The molecular weight excluding hydrogens is 256 g/mol. The molecule has 0 saturated carbocycles. The van der Waals surface area contributed by atoms with E-state index in [-0.39, 0.29) is 11.9 Å². The van der Waals surface area contributed by atoms with Crippen molar-refractivity contribution in [2.45, 2.75) is 0 Å². The van der Waals surface area contributed by atoms with Gasteiger partial charge in [0.05, 0.1) is 14.2 Å². The number of methoxy groups -OCH3 is 2. The van der Waals surface area contributed by atoms with Crippen LogP contribution in [0.25, 0.3) is 0 Å². The normalized spacial score (nSPS) is 12.7. The Kier molecular flexibility index (Phi) is 11.1. The SMILES string of the molecule is COC(=O)C=CC=CC=CC=CC=CC=CC(=O)OC. The van der Waals surface area contributed by atoms with Gasteiger partial charge in [-0.3, -0.25) is 0 Å². The van der Waals surface area contributed by atoms with Crippen molar-refractivity contribution in [1.82, 2.24) is 0 Å². The first kappa shape index (κ1) is 17.4. The van der Waals surface area contributed by atoms with Gasteiger partial charge in [0.25, 0.3) is 0 Å². The molecule has 4 heteroatoms. The maximum atomic E-state index is 10.7. The molecule has 0 amide bonds. The summed E-state index contributed by atoms with van der Waals surface area (Å²) in [7, 11) is 2.66. The zero-order chi connectivity index (χ0) is 15.1. The van der Waals surface area contributed by atoms with Gasteiger partial charge in [0.2, 0.25) is 0 Å². The summed E-state index contributed by atoms with van der Waals surface area (Å²) in [6, 6.07) is 0. The van der Waals surface area contributed by atoms with E-state index in [1.54, 1.807) is 36.5 Å². The zero-order valence-corrected chi connectivity index (χ0v) is 11.6. The van der Waals surface area contributed by atoms with E-state index in [2.05, 4.69) is 9.47 Å². The highest BCUT2D eigenvalue weighted by atomic mass is 16.5. The number of carbonyl (C=O) groups is 2. The molecule has 0 spiro atoms. The van der Waals surface area contributed by atoms with Crippen LogP contribution in [-0.4, -0.2) is 26.2 Å². The number of rotatable bonds is 7. The third-order valence-corrected chi connectivity index (χ3v) is 1.87. The van der Waals surface area contributed by atoms with E-state index in [1.807, 2.05) is 24.3 Å². The van der Waals surface area contributed by atoms with Crippen LogP contribution in [0.3, 0.4) is 0 Å². The molecule has 0 aliphatic carbocycles. The van der Waals surface area contributed by atoms with Crippen molar-refractivity contribution in [2.24, 2.45) is 0 Å². The molecule has 0 N–H and O–H groups in total. The van der Waals surface area contributed by atoms with Gasteiger partial charge in [0, 0.05) is 12.2 Å². The Morgan fingerprint density at radius 2 is 0.800 bits per heavy atom. The number of allylic oxidation sites excluding steroid dienone is 10. The van der Waals surface area contributed by atoms with E-state index in [0.717, 1.165) is 0 Å². The van der Waals surface area contributed by atoms with Crippen molar-refractivity contribution in [2.75, 3.05) is 14.2 Å². The summed E-state index contributed by atoms with van der Waals surface area (Å²) in [5, 5.41) is 0. The number of ether oxygens (including phenoxy) is 2. The van der Waals surface area contributed by atoms with Gasteiger partial charge in [-0.1, -0.05) is 60.8 Å². The van der Waals surface area contributed by atoms with Gasteiger partial charge in [-0.25, -0.2) is 9.59 Å². The van der Waals surface area contributed by atoms with E-state index < -0.39 is 0 Å². The molecule has 0 bridgehead atoms. The van der Waals surface area contributed by atoms with Crippen LogP contribution in [0, 0.1) is 0 Å². The highest BCUT2D eigenvalue weighted by Gasteiger charge is 1.86. The highest BCUT2D eigenvalue weighted by Crippen LogP contribution is 1.86. The van der Waals surface area contributed by atoms with Crippen LogP contribution in [0.2, 0.25) is 0 Å². The Bertz CT molecular complexity index is 419. The first-order valence-electron chi connectivity index (χ1n) is 5.88. The summed E-state index contributed by atoms with van der Waals surface area (Å²) < 4.78 is 8.87. The number of hydrogen-bond donors (Lipinski definition) is 0. The Morgan fingerprint density at radius 1 is 0.550 bits per heavy atom. The van der Waals surface area contributed by atoms with Crippen LogP contribution in [0.4, 0.5) is 0 Å². The third-order valence-electron chi connectivity index (χ3n) is 1.87. The lowest BCUT2D eigenvalue weighted by Crippen LogP contribution is -1.92. The van der Waals surface area contributed by atoms with Crippen LogP contribution >= 0.6 is 0 Å². The molecule has 0 saturated heterocycles.